The Morgan fingerprint density at radius 3 is 2.60 bits per heavy atom. The lowest BCUT2D eigenvalue weighted by Gasteiger charge is -2.49. The van der Waals surface area contributed by atoms with Crippen molar-refractivity contribution in [3.63, 3.8) is 0 Å². The van der Waals surface area contributed by atoms with Crippen molar-refractivity contribution in [2.75, 3.05) is 0 Å². The molecule has 25 heavy (non-hydrogen) atoms. The molecule has 4 heteroatoms. The van der Waals surface area contributed by atoms with Crippen LogP contribution in [-0.2, 0) is 9.68 Å². The summed E-state index contributed by atoms with van der Waals surface area (Å²) in [5.74, 6) is 1.47. The lowest BCUT2D eigenvalue weighted by atomic mass is 9.57. The highest BCUT2D eigenvalue weighted by molar-refractivity contribution is 5.70. The molecule has 2 aliphatic rings. The summed E-state index contributed by atoms with van der Waals surface area (Å²) in [5, 5.41) is 9.56. The summed E-state index contributed by atoms with van der Waals surface area (Å²) in [6.45, 7) is 10.2. The molecule has 1 aromatic rings. The minimum Gasteiger partial charge on any atom is -0.426 e. The van der Waals surface area contributed by atoms with Crippen molar-refractivity contribution < 1.29 is 19.7 Å². The maximum Gasteiger partial charge on any atom is 0.308 e. The minimum atomic E-state index is -0.308. The van der Waals surface area contributed by atoms with Gasteiger partial charge in [-0.1, -0.05) is 34.1 Å². The maximum absolute atomic E-state index is 11.6. The largest absolute Gasteiger partial charge is 0.426 e. The smallest absolute Gasteiger partial charge is 0.308 e. The Morgan fingerprint density at radius 2 is 2.00 bits per heavy atom. The van der Waals surface area contributed by atoms with E-state index in [1.807, 2.05) is 6.07 Å². The lowest BCUT2D eigenvalue weighted by Crippen LogP contribution is -2.38. The van der Waals surface area contributed by atoms with Crippen LogP contribution in [0, 0.1) is 11.3 Å². The third-order valence-electron chi connectivity index (χ3n) is 6.26. The Hall–Kier alpha value is -1.39. The standard InChI is InChI=1S/C21H30O4/c1-12(2)15-9-17-16(10-19(15)24-13(3)22)14-7-6-8-21(4,5)18(14)11-20(17)25-23/h9-10,12,14,18,20,23H,6-8,11H2,1-5H3/t14-,18-,20-/m1/s1. The van der Waals surface area contributed by atoms with Crippen LogP contribution < -0.4 is 4.74 Å². The molecule has 0 bridgehead atoms. The van der Waals surface area contributed by atoms with E-state index >= 15 is 0 Å². The number of benzene rings is 1. The molecule has 0 unspecified atom stereocenters. The zero-order valence-corrected chi connectivity index (χ0v) is 16.0. The van der Waals surface area contributed by atoms with E-state index in [0.29, 0.717) is 17.6 Å². The van der Waals surface area contributed by atoms with Crippen molar-refractivity contribution in [3.05, 3.63) is 28.8 Å². The first-order valence-electron chi connectivity index (χ1n) is 9.41. The van der Waals surface area contributed by atoms with Gasteiger partial charge < -0.3 is 4.74 Å². The van der Waals surface area contributed by atoms with Crippen LogP contribution in [0.5, 0.6) is 5.75 Å². The van der Waals surface area contributed by atoms with E-state index < -0.39 is 0 Å². The summed E-state index contributed by atoms with van der Waals surface area (Å²) in [6, 6.07) is 4.12. The van der Waals surface area contributed by atoms with E-state index in [-0.39, 0.29) is 23.4 Å². The van der Waals surface area contributed by atoms with Gasteiger partial charge in [-0.3, -0.25) is 10.1 Å². The SMILES string of the molecule is CC(=O)Oc1cc2c(cc1C(C)C)[C@H](OO)C[C@@H]1[C@@H]2CCCC1(C)C. The van der Waals surface area contributed by atoms with Gasteiger partial charge in [-0.05, 0) is 71.3 Å². The Bertz CT molecular complexity index is 662. The van der Waals surface area contributed by atoms with Crippen LogP contribution >= 0.6 is 0 Å². The fourth-order valence-electron chi connectivity index (χ4n) is 4.95. The Balaban J connectivity index is 2.14. The second-order valence-corrected chi connectivity index (χ2v) is 8.69. The monoisotopic (exact) mass is 346 g/mol. The molecule has 1 fully saturated rings. The van der Waals surface area contributed by atoms with Crippen LogP contribution in [0.4, 0.5) is 0 Å². The van der Waals surface area contributed by atoms with E-state index in [4.69, 9.17) is 9.62 Å². The highest BCUT2D eigenvalue weighted by atomic mass is 17.1. The van der Waals surface area contributed by atoms with Crippen LogP contribution in [0.25, 0.3) is 0 Å². The molecule has 2 aliphatic carbocycles. The molecule has 0 heterocycles. The van der Waals surface area contributed by atoms with E-state index in [1.54, 1.807) is 0 Å². The summed E-state index contributed by atoms with van der Waals surface area (Å²) in [4.78, 5) is 16.5. The molecule has 3 rings (SSSR count). The van der Waals surface area contributed by atoms with Crippen molar-refractivity contribution in [1.82, 2.24) is 0 Å². The topological polar surface area (TPSA) is 55.8 Å². The lowest BCUT2D eigenvalue weighted by molar-refractivity contribution is -0.289. The van der Waals surface area contributed by atoms with Gasteiger partial charge in [0, 0.05) is 6.92 Å². The maximum atomic E-state index is 11.6. The fourth-order valence-corrected chi connectivity index (χ4v) is 4.95. The summed E-state index contributed by atoms with van der Waals surface area (Å²) in [6.07, 6.45) is 4.07. The predicted molar refractivity (Wildman–Crippen MR) is 96.8 cm³/mol. The predicted octanol–water partition coefficient (Wildman–Crippen LogP) is 5.58. The molecule has 138 valence electrons. The van der Waals surface area contributed by atoms with Crippen molar-refractivity contribution >= 4 is 5.97 Å². The highest BCUT2D eigenvalue weighted by Gasteiger charge is 2.45. The molecule has 0 spiro atoms. The molecule has 0 amide bonds. The Kier molecular flexibility index (Phi) is 4.95. The van der Waals surface area contributed by atoms with Gasteiger partial charge in [0.05, 0.1) is 0 Å². The number of hydrogen-bond acceptors (Lipinski definition) is 4. The molecule has 0 radical (unpaired) electrons. The van der Waals surface area contributed by atoms with Crippen LogP contribution in [-0.4, -0.2) is 11.2 Å². The van der Waals surface area contributed by atoms with E-state index in [2.05, 4.69) is 33.8 Å². The fraction of sp³-hybridized carbons (Fsp3) is 0.667. The first-order chi connectivity index (χ1) is 11.7. The molecule has 3 atom stereocenters. The van der Waals surface area contributed by atoms with Gasteiger partial charge >= 0.3 is 5.97 Å². The van der Waals surface area contributed by atoms with Crippen LogP contribution in [0.15, 0.2) is 12.1 Å². The molecular weight excluding hydrogens is 316 g/mol. The van der Waals surface area contributed by atoms with Gasteiger partial charge in [0.2, 0.25) is 0 Å². The average molecular weight is 346 g/mol. The van der Waals surface area contributed by atoms with Crippen LogP contribution in [0.3, 0.4) is 0 Å². The van der Waals surface area contributed by atoms with Crippen molar-refractivity contribution in [2.45, 2.75) is 78.2 Å². The van der Waals surface area contributed by atoms with E-state index in [9.17, 15) is 10.1 Å². The molecule has 4 nitrogen and oxygen atoms in total. The zero-order valence-electron chi connectivity index (χ0n) is 16.0. The Labute approximate surface area is 150 Å². The summed E-state index contributed by atoms with van der Waals surface area (Å²) < 4.78 is 5.53. The molecular formula is C21H30O4. The second-order valence-electron chi connectivity index (χ2n) is 8.69. The highest BCUT2D eigenvalue weighted by Crippen LogP contribution is 2.57. The van der Waals surface area contributed by atoms with E-state index in [0.717, 1.165) is 24.0 Å². The number of hydrogen-bond donors (Lipinski definition) is 1. The number of esters is 1. The number of ether oxygens (including phenoxy) is 1. The van der Waals surface area contributed by atoms with Gasteiger partial charge in [-0.25, -0.2) is 4.89 Å². The normalized spacial score (nSPS) is 27.6. The molecule has 0 saturated heterocycles. The first kappa shape index (κ1) is 18.4. The molecule has 1 aromatic carbocycles. The molecule has 0 aromatic heterocycles. The third-order valence-corrected chi connectivity index (χ3v) is 6.26. The van der Waals surface area contributed by atoms with Gasteiger partial charge in [-0.15, -0.1) is 0 Å². The zero-order chi connectivity index (χ0) is 18.4. The van der Waals surface area contributed by atoms with Crippen LogP contribution in [0.2, 0.25) is 0 Å². The van der Waals surface area contributed by atoms with E-state index in [1.165, 1.54) is 25.3 Å². The number of carbonyl (C=O) groups excluding carboxylic acids is 1. The van der Waals surface area contributed by atoms with Crippen molar-refractivity contribution in [2.24, 2.45) is 11.3 Å². The summed E-state index contributed by atoms with van der Waals surface area (Å²) in [7, 11) is 0. The third kappa shape index (κ3) is 3.34. The van der Waals surface area contributed by atoms with Gasteiger partial charge in [0.15, 0.2) is 0 Å². The Morgan fingerprint density at radius 1 is 1.28 bits per heavy atom. The minimum absolute atomic E-state index is 0.218. The van der Waals surface area contributed by atoms with Crippen molar-refractivity contribution in [3.8, 4) is 5.75 Å². The number of carbonyl (C=O) groups is 1. The van der Waals surface area contributed by atoms with Gasteiger partial charge in [0.1, 0.15) is 11.9 Å². The van der Waals surface area contributed by atoms with Crippen LogP contribution in [0.1, 0.15) is 94.9 Å². The van der Waals surface area contributed by atoms with Gasteiger partial charge in [-0.2, -0.15) is 0 Å². The average Bonchev–Trinajstić information content (AvgIpc) is 2.52. The number of fused-ring (bicyclic) bond motifs is 3. The molecule has 1 N–H and O–H groups in total. The molecule has 1 saturated carbocycles. The summed E-state index contributed by atoms with van der Waals surface area (Å²) >= 11 is 0. The van der Waals surface area contributed by atoms with Crippen molar-refractivity contribution in [1.29, 1.82) is 0 Å². The summed E-state index contributed by atoms with van der Waals surface area (Å²) in [5.41, 5.74) is 3.45. The number of rotatable bonds is 3. The van der Waals surface area contributed by atoms with Gasteiger partial charge in [0.25, 0.3) is 0 Å². The molecule has 0 aliphatic heterocycles. The quantitative estimate of drug-likeness (QED) is 0.336. The second kappa shape index (κ2) is 6.73. The first-order valence-corrected chi connectivity index (χ1v) is 9.41.